The Hall–Kier alpha value is -0.850. The summed E-state index contributed by atoms with van der Waals surface area (Å²) < 4.78 is 31.6. The van der Waals surface area contributed by atoms with E-state index in [1.54, 1.807) is 0 Å². The highest BCUT2D eigenvalue weighted by Crippen LogP contribution is 2.27. The fraction of sp³-hybridized carbons (Fsp3) is 0.667. The van der Waals surface area contributed by atoms with Gasteiger partial charge in [0.05, 0.1) is 0 Å². The molecule has 1 aliphatic rings. The molecule has 18 heavy (non-hydrogen) atoms. The number of sulfonamides is 1. The van der Waals surface area contributed by atoms with Crippen molar-refractivity contribution in [1.82, 2.24) is 4.31 Å². The average molecular weight is 273 g/mol. The fourth-order valence-electron chi connectivity index (χ4n) is 2.40. The molecule has 1 unspecified atom stereocenters. The number of aliphatic hydroxyl groups excluding tert-OH is 1. The summed E-state index contributed by atoms with van der Waals surface area (Å²) >= 11 is 0. The first-order chi connectivity index (χ1) is 8.59. The van der Waals surface area contributed by atoms with Crippen LogP contribution in [0.3, 0.4) is 0 Å². The van der Waals surface area contributed by atoms with Crippen molar-refractivity contribution in [2.45, 2.75) is 50.3 Å². The Balaban J connectivity index is 2.28. The number of rotatable bonds is 4. The van der Waals surface area contributed by atoms with Crippen molar-refractivity contribution in [3.05, 3.63) is 17.9 Å². The van der Waals surface area contributed by atoms with Gasteiger partial charge in [-0.3, -0.25) is 0 Å². The highest BCUT2D eigenvalue weighted by atomic mass is 32.2. The molecule has 1 atom stereocenters. The molecule has 0 aromatic carbocycles. The third-order valence-electron chi connectivity index (χ3n) is 3.40. The first kappa shape index (κ1) is 13.6. The maximum Gasteiger partial charge on any atom is 0.276 e. The first-order valence-electron chi connectivity index (χ1n) is 6.31. The minimum absolute atomic E-state index is 0.0615. The van der Waals surface area contributed by atoms with Gasteiger partial charge in [0.1, 0.15) is 12.4 Å². The normalized spacial score (nSPS) is 22.2. The SMILES string of the molecule is CCC1CCCCN1S(=O)(=O)c1ccc(CO)o1. The number of furan rings is 1. The van der Waals surface area contributed by atoms with Crippen LogP contribution in [0.5, 0.6) is 0 Å². The molecule has 6 heteroatoms. The third kappa shape index (κ3) is 2.46. The molecule has 1 aliphatic heterocycles. The minimum Gasteiger partial charge on any atom is -0.446 e. The van der Waals surface area contributed by atoms with Crippen molar-refractivity contribution in [2.24, 2.45) is 0 Å². The van der Waals surface area contributed by atoms with Gasteiger partial charge in [-0.1, -0.05) is 13.3 Å². The second kappa shape index (κ2) is 5.42. The molecule has 0 saturated carbocycles. The summed E-state index contributed by atoms with van der Waals surface area (Å²) in [7, 11) is -3.56. The molecular formula is C12H19NO4S. The highest BCUT2D eigenvalue weighted by molar-refractivity contribution is 7.89. The Morgan fingerprint density at radius 3 is 2.83 bits per heavy atom. The quantitative estimate of drug-likeness (QED) is 0.907. The summed E-state index contributed by atoms with van der Waals surface area (Å²) in [4.78, 5) is 0. The highest BCUT2D eigenvalue weighted by Gasteiger charge is 2.34. The summed E-state index contributed by atoms with van der Waals surface area (Å²) in [5.74, 6) is 0.277. The zero-order valence-corrected chi connectivity index (χ0v) is 11.3. The van der Waals surface area contributed by atoms with Gasteiger partial charge in [-0.2, -0.15) is 4.31 Å². The van der Waals surface area contributed by atoms with Gasteiger partial charge < -0.3 is 9.52 Å². The summed E-state index contributed by atoms with van der Waals surface area (Å²) in [6.07, 6.45) is 3.68. The van der Waals surface area contributed by atoms with Crippen LogP contribution in [0.15, 0.2) is 21.6 Å². The fourth-order valence-corrected chi connectivity index (χ4v) is 4.10. The molecule has 1 saturated heterocycles. The van der Waals surface area contributed by atoms with Gasteiger partial charge in [0, 0.05) is 12.6 Å². The molecule has 1 aromatic rings. The van der Waals surface area contributed by atoms with E-state index in [0.29, 0.717) is 6.54 Å². The van der Waals surface area contributed by atoms with Gasteiger partial charge in [-0.25, -0.2) is 8.42 Å². The van der Waals surface area contributed by atoms with Crippen LogP contribution in [-0.4, -0.2) is 30.4 Å². The molecule has 1 aromatic heterocycles. The lowest BCUT2D eigenvalue weighted by molar-refractivity contribution is 0.224. The standard InChI is InChI=1S/C12H19NO4S/c1-2-10-5-3-4-8-13(10)18(15,16)12-7-6-11(9-14)17-12/h6-7,10,14H,2-5,8-9H2,1H3. The topological polar surface area (TPSA) is 70.8 Å². The number of aliphatic hydroxyl groups is 1. The van der Waals surface area contributed by atoms with Gasteiger partial charge >= 0.3 is 0 Å². The van der Waals surface area contributed by atoms with Crippen molar-refractivity contribution in [3.8, 4) is 0 Å². The molecule has 102 valence electrons. The van der Waals surface area contributed by atoms with Crippen LogP contribution in [-0.2, 0) is 16.6 Å². The number of hydrogen-bond acceptors (Lipinski definition) is 4. The molecular weight excluding hydrogens is 254 g/mol. The summed E-state index contributed by atoms with van der Waals surface area (Å²) in [5, 5.41) is 8.86. The van der Waals surface area contributed by atoms with Crippen LogP contribution < -0.4 is 0 Å². The molecule has 0 aliphatic carbocycles. The van der Waals surface area contributed by atoms with Crippen molar-refractivity contribution < 1.29 is 17.9 Å². The van der Waals surface area contributed by atoms with E-state index < -0.39 is 10.0 Å². The van der Waals surface area contributed by atoms with Crippen molar-refractivity contribution in [1.29, 1.82) is 0 Å². The van der Waals surface area contributed by atoms with Gasteiger partial charge in [0.25, 0.3) is 10.0 Å². The average Bonchev–Trinajstić information content (AvgIpc) is 2.88. The summed E-state index contributed by atoms with van der Waals surface area (Å²) in [6, 6.07) is 2.98. The molecule has 0 spiro atoms. The molecule has 0 radical (unpaired) electrons. The maximum absolute atomic E-state index is 12.4. The Kier molecular flexibility index (Phi) is 4.09. The van der Waals surface area contributed by atoms with E-state index in [2.05, 4.69) is 0 Å². The second-order valence-corrected chi connectivity index (χ2v) is 6.37. The molecule has 0 amide bonds. The van der Waals surface area contributed by atoms with E-state index in [9.17, 15) is 8.42 Å². The molecule has 0 bridgehead atoms. The van der Waals surface area contributed by atoms with E-state index in [1.807, 2.05) is 6.92 Å². The van der Waals surface area contributed by atoms with Gasteiger partial charge in [-0.05, 0) is 31.4 Å². The van der Waals surface area contributed by atoms with Crippen LogP contribution in [0.4, 0.5) is 0 Å². The maximum atomic E-state index is 12.4. The number of nitrogens with zero attached hydrogens (tertiary/aromatic N) is 1. The van der Waals surface area contributed by atoms with E-state index >= 15 is 0 Å². The largest absolute Gasteiger partial charge is 0.446 e. The van der Waals surface area contributed by atoms with E-state index in [-0.39, 0.29) is 23.5 Å². The van der Waals surface area contributed by atoms with Crippen LogP contribution in [0, 0.1) is 0 Å². The monoisotopic (exact) mass is 273 g/mol. The van der Waals surface area contributed by atoms with Gasteiger partial charge in [0.15, 0.2) is 0 Å². The van der Waals surface area contributed by atoms with Crippen molar-refractivity contribution in [2.75, 3.05) is 6.54 Å². The molecule has 5 nitrogen and oxygen atoms in total. The van der Waals surface area contributed by atoms with Crippen LogP contribution >= 0.6 is 0 Å². The van der Waals surface area contributed by atoms with Crippen LogP contribution in [0.2, 0.25) is 0 Å². The summed E-state index contributed by atoms with van der Waals surface area (Å²) in [6.45, 7) is 2.27. The zero-order chi connectivity index (χ0) is 13.2. The van der Waals surface area contributed by atoms with E-state index in [1.165, 1.54) is 16.4 Å². The van der Waals surface area contributed by atoms with E-state index in [4.69, 9.17) is 9.52 Å². The lowest BCUT2D eigenvalue weighted by Gasteiger charge is -2.33. The van der Waals surface area contributed by atoms with Gasteiger partial charge in [-0.15, -0.1) is 0 Å². The Morgan fingerprint density at radius 2 is 2.22 bits per heavy atom. The number of hydrogen-bond donors (Lipinski definition) is 1. The van der Waals surface area contributed by atoms with Crippen molar-refractivity contribution in [3.63, 3.8) is 0 Å². The second-order valence-electron chi connectivity index (χ2n) is 4.55. The Labute approximate surface area is 107 Å². The smallest absolute Gasteiger partial charge is 0.276 e. The van der Waals surface area contributed by atoms with E-state index in [0.717, 1.165) is 25.7 Å². The molecule has 1 fully saturated rings. The minimum atomic E-state index is -3.56. The van der Waals surface area contributed by atoms with Crippen LogP contribution in [0.25, 0.3) is 0 Å². The lowest BCUT2D eigenvalue weighted by atomic mass is 10.0. The Bertz CT molecular complexity index is 494. The zero-order valence-electron chi connectivity index (χ0n) is 10.5. The van der Waals surface area contributed by atoms with Crippen molar-refractivity contribution >= 4 is 10.0 Å². The first-order valence-corrected chi connectivity index (χ1v) is 7.75. The third-order valence-corrected chi connectivity index (χ3v) is 5.23. The predicted octanol–water partition coefficient (Wildman–Crippen LogP) is 1.73. The number of piperidine rings is 1. The summed E-state index contributed by atoms with van der Waals surface area (Å²) in [5.41, 5.74) is 0. The van der Waals surface area contributed by atoms with Gasteiger partial charge in [0.2, 0.25) is 5.09 Å². The lowest BCUT2D eigenvalue weighted by Crippen LogP contribution is -2.43. The molecule has 2 rings (SSSR count). The molecule has 2 heterocycles. The predicted molar refractivity (Wildman–Crippen MR) is 66.5 cm³/mol. The van der Waals surface area contributed by atoms with Crippen LogP contribution in [0.1, 0.15) is 38.4 Å². The molecule has 1 N–H and O–H groups in total. The Morgan fingerprint density at radius 1 is 1.44 bits per heavy atom.